The van der Waals surface area contributed by atoms with E-state index in [-0.39, 0.29) is 6.10 Å². The van der Waals surface area contributed by atoms with Gasteiger partial charge in [0.15, 0.2) is 0 Å². The number of likely N-dealkylation sites (tertiary alicyclic amines) is 1. The summed E-state index contributed by atoms with van der Waals surface area (Å²) in [5.41, 5.74) is 0. The number of nitrogens with one attached hydrogen (secondary N) is 1. The summed E-state index contributed by atoms with van der Waals surface area (Å²) in [5, 5.41) is 13.3. The van der Waals surface area contributed by atoms with Gasteiger partial charge in [0.2, 0.25) is 0 Å². The molecule has 3 heteroatoms. The van der Waals surface area contributed by atoms with Gasteiger partial charge in [0, 0.05) is 25.7 Å². The third kappa shape index (κ3) is 3.72. The zero-order chi connectivity index (χ0) is 11.5. The molecule has 0 bridgehead atoms. The van der Waals surface area contributed by atoms with E-state index < -0.39 is 0 Å². The average Bonchev–Trinajstić information content (AvgIpc) is 3.04. The van der Waals surface area contributed by atoms with Gasteiger partial charge in [-0.05, 0) is 37.6 Å². The summed E-state index contributed by atoms with van der Waals surface area (Å²) in [6.07, 6.45) is 3.62. The molecular weight excluding hydrogens is 200 g/mol. The third-order valence-corrected chi connectivity index (χ3v) is 3.85. The zero-order valence-corrected chi connectivity index (χ0v) is 10.7. The van der Waals surface area contributed by atoms with Gasteiger partial charge in [-0.3, -0.25) is 0 Å². The molecule has 2 rings (SSSR count). The van der Waals surface area contributed by atoms with Crippen LogP contribution in [-0.2, 0) is 0 Å². The second kappa shape index (κ2) is 5.48. The highest BCUT2D eigenvalue weighted by Gasteiger charge is 2.25. The van der Waals surface area contributed by atoms with Gasteiger partial charge in [0.05, 0.1) is 6.10 Å². The lowest BCUT2D eigenvalue weighted by Crippen LogP contribution is -2.44. The van der Waals surface area contributed by atoms with Crippen LogP contribution in [0.3, 0.4) is 0 Å². The van der Waals surface area contributed by atoms with Gasteiger partial charge in [-0.2, -0.15) is 0 Å². The lowest BCUT2D eigenvalue weighted by Gasteiger charge is -2.35. The van der Waals surface area contributed by atoms with Gasteiger partial charge < -0.3 is 15.3 Å². The molecule has 3 unspecified atom stereocenters. The molecule has 2 N–H and O–H groups in total. The van der Waals surface area contributed by atoms with Crippen LogP contribution in [-0.4, -0.2) is 48.3 Å². The second-order valence-electron chi connectivity index (χ2n) is 5.88. The third-order valence-electron chi connectivity index (χ3n) is 3.85. The Morgan fingerprint density at radius 2 is 2.12 bits per heavy atom. The molecule has 1 heterocycles. The van der Waals surface area contributed by atoms with E-state index >= 15 is 0 Å². The SMILES string of the molecule is CC(CNC1CC1)CN1CCC(O)C(C)C1. The van der Waals surface area contributed by atoms with E-state index in [2.05, 4.69) is 24.1 Å². The minimum atomic E-state index is -0.0730. The molecule has 0 spiro atoms. The molecule has 2 fully saturated rings. The molecule has 0 aromatic carbocycles. The maximum Gasteiger partial charge on any atom is 0.0590 e. The smallest absolute Gasteiger partial charge is 0.0590 e. The van der Waals surface area contributed by atoms with Gasteiger partial charge in [0.25, 0.3) is 0 Å². The van der Waals surface area contributed by atoms with E-state index in [1.165, 1.54) is 19.4 Å². The molecule has 3 nitrogen and oxygen atoms in total. The Morgan fingerprint density at radius 1 is 1.38 bits per heavy atom. The van der Waals surface area contributed by atoms with Gasteiger partial charge >= 0.3 is 0 Å². The Kier molecular flexibility index (Phi) is 4.22. The van der Waals surface area contributed by atoms with Crippen LogP contribution in [0.5, 0.6) is 0 Å². The van der Waals surface area contributed by atoms with Crippen LogP contribution < -0.4 is 5.32 Å². The van der Waals surface area contributed by atoms with E-state index in [0.717, 1.165) is 38.0 Å². The average molecular weight is 226 g/mol. The molecule has 0 aromatic heterocycles. The highest BCUT2D eigenvalue weighted by molar-refractivity contribution is 4.83. The van der Waals surface area contributed by atoms with E-state index in [1.807, 2.05) is 0 Å². The summed E-state index contributed by atoms with van der Waals surface area (Å²) >= 11 is 0. The van der Waals surface area contributed by atoms with Crippen molar-refractivity contribution in [3.8, 4) is 0 Å². The van der Waals surface area contributed by atoms with Crippen molar-refractivity contribution in [2.75, 3.05) is 26.2 Å². The van der Waals surface area contributed by atoms with E-state index in [9.17, 15) is 5.11 Å². The number of aliphatic hydroxyl groups is 1. The molecule has 3 atom stereocenters. The first-order valence-corrected chi connectivity index (χ1v) is 6.79. The fraction of sp³-hybridized carbons (Fsp3) is 1.00. The first-order chi connectivity index (χ1) is 7.65. The topological polar surface area (TPSA) is 35.5 Å². The van der Waals surface area contributed by atoms with Gasteiger partial charge in [0.1, 0.15) is 0 Å². The number of aliphatic hydroxyl groups excluding tert-OH is 1. The lowest BCUT2D eigenvalue weighted by molar-refractivity contribution is 0.0300. The minimum Gasteiger partial charge on any atom is -0.393 e. The molecule has 0 amide bonds. The van der Waals surface area contributed by atoms with Crippen molar-refractivity contribution in [2.24, 2.45) is 11.8 Å². The highest BCUT2D eigenvalue weighted by Crippen LogP contribution is 2.20. The Morgan fingerprint density at radius 3 is 2.75 bits per heavy atom. The summed E-state index contributed by atoms with van der Waals surface area (Å²) in [6.45, 7) is 8.94. The summed E-state index contributed by atoms with van der Waals surface area (Å²) in [6, 6.07) is 0.824. The van der Waals surface area contributed by atoms with Gasteiger partial charge in [-0.25, -0.2) is 0 Å². The van der Waals surface area contributed by atoms with Crippen molar-refractivity contribution >= 4 is 0 Å². The molecule has 1 aliphatic carbocycles. The number of nitrogens with zero attached hydrogens (tertiary/aromatic N) is 1. The maximum absolute atomic E-state index is 9.67. The Hall–Kier alpha value is -0.120. The number of rotatable bonds is 5. The van der Waals surface area contributed by atoms with Crippen LogP contribution in [0, 0.1) is 11.8 Å². The van der Waals surface area contributed by atoms with Crippen molar-refractivity contribution in [3.63, 3.8) is 0 Å². The van der Waals surface area contributed by atoms with E-state index in [4.69, 9.17) is 0 Å². The first-order valence-electron chi connectivity index (χ1n) is 6.79. The maximum atomic E-state index is 9.67. The van der Waals surface area contributed by atoms with Crippen molar-refractivity contribution in [3.05, 3.63) is 0 Å². The Balaban J connectivity index is 1.63. The normalized spacial score (nSPS) is 33.9. The van der Waals surface area contributed by atoms with Crippen LogP contribution >= 0.6 is 0 Å². The van der Waals surface area contributed by atoms with E-state index in [1.54, 1.807) is 0 Å². The monoisotopic (exact) mass is 226 g/mol. The highest BCUT2D eigenvalue weighted by atomic mass is 16.3. The Bertz CT molecular complexity index is 218. The van der Waals surface area contributed by atoms with Crippen LogP contribution in [0.25, 0.3) is 0 Å². The summed E-state index contributed by atoms with van der Waals surface area (Å²) in [7, 11) is 0. The summed E-state index contributed by atoms with van der Waals surface area (Å²) in [5.74, 6) is 1.17. The van der Waals surface area contributed by atoms with E-state index in [0.29, 0.717) is 5.92 Å². The number of hydrogen-bond acceptors (Lipinski definition) is 3. The predicted octanol–water partition coefficient (Wildman–Crippen LogP) is 1.08. The largest absolute Gasteiger partial charge is 0.393 e. The predicted molar refractivity (Wildman–Crippen MR) is 66.4 cm³/mol. The molecular formula is C13H26N2O. The van der Waals surface area contributed by atoms with Gasteiger partial charge in [-0.1, -0.05) is 13.8 Å². The van der Waals surface area contributed by atoms with Crippen LogP contribution in [0.15, 0.2) is 0 Å². The lowest BCUT2D eigenvalue weighted by atomic mass is 9.96. The van der Waals surface area contributed by atoms with Gasteiger partial charge in [-0.15, -0.1) is 0 Å². The van der Waals surface area contributed by atoms with Crippen molar-refractivity contribution in [2.45, 2.75) is 45.3 Å². The minimum absolute atomic E-state index is 0.0730. The van der Waals surface area contributed by atoms with Crippen LogP contribution in [0.1, 0.15) is 33.1 Å². The molecule has 16 heavy (non-hydrogen) atoms. The van der Waals surface area contributed by atoms with Crippen LogP contribution in [0.4, 0.5) is 0 Å². The Labute approximate surface area is 99.2 Å². The first kappa shape index (κ1) is 12.3. The van der Waals surface area contributed by atoms with Crippen LogP contribution in [0.2, 0.25) is 0 Å². The molecule has 1 aliphatic heterocycles. The quantitative estimate of drug-likeness (QED) is 0.736. The summed E-state index contributed by atoms with van der Waals surface area (Å²) < 4.78 is 0. The molecule has 1 saturated heterocycles. The van der Waals surface area contributed by atoms with Crippen molar-refractivity contribution < 1.29 is 5.11 Å². The zero-order valence-electron chi connectivity index (χ0n) is 10.7. The summed E-state index contributed by atoms with van der Waals surface area (Å²) in [4.78, 5) is 2.51. The van der Waals surface area contributed by atoms with Crippen molar-refractivity contribution in [1.29, 1.82) is 0 Å². The fourth-order valence-electron chi connectivity index (χ4n) is 2.55. The molecule has 0 aromatic rings. The standard InChI is InChI=1S/C13H26N2O/c1-10(7-14-12-3-4-12)8-15-6-5-13(16)11(2)9-15/h10-14,16H,3-9H2,1-2H3. The van der Waals surface area contributed by atoms with Crippen molar-refractivity contribution in [1.82, 2.24) is 10.2 Å². The fourth-order valence-corrected chi connectivity index (χ4v) is 2.55. The number of piperidine rings is 1. The molecule has 0 radical (unpaired) electrons. The second-order valence-corrected chi connectivity index (χ2v) is 5.88. The molecule has 2 aliphatic rings. The number of hydrogen-bond donors (Lipinski definition) is 2. The molecule has 94 valence electrons. The molecule has 1 saturated carbocycles.